The van der Waals surface area contributed by atoms with E-state index in [2.05, 4.69) is 33.8 Å². The first-order chi connectivity index (χ1) is 7.60. The number of aliphatic hydroxyl groups excluding tert-OH is 1. The van der Waals surface area contributed by atoms with E-state index < -0.39 is 0 Å². The molecule has 0 saturated heterocycles. The molecule has 2 heteroatoms. The van der Waals surface area contributed by atoms with Crippen LogP contribution in [0.4, 0.5) is 0 Å². The molecule has 0 aliphatic carbocycles. The molecule has 1 unspecified atom stereocenters. The van der Waals surface area contributed by atoms with Gasteiger partial charge in [0.15, 0.2) is 0 Å². The lowest BCUT2D eigenvalue weighted by Gasteiger charge is -2.21. The largest absolute Gasteiger partial charge is 0.387 e. The summed E-state index contributed by atoms with van der Waals surface area (Å²) in [6.45, 7) is 8.61. The zero-order chi connectivity index (χ0) is 12.1. The molecule has 1 atom stereocenters. The Morgan fingerprint density at radius 1 is 1.19 bits per heavy atom. The highest BCUT2D eigenvalue weighted by Crippen LogP contribution is 2.35. The Bertz CT molecular complexity index is 311. The second kappa shape index (κ2) is 6.41. The van der Waals surface area contributed by atoms with E-state index in [-0.39, 0.29) is 6.10 Å². The van der Waals surface area contributed by atoms with Crippen LogP contribution < -0.4 is 0 Å². The summed E-state index contributed by atoms with van der Waals surface area (Å²) in [4.78, 5) is 2.49. The van der Waals surface area contributed by atoms with Crippen LogP contribution >= 0.6 is 11.3 Å². The lowest BCUT2D eigenvalue weighted by molar-refractivity contribution is 0.0992. The van der Waals surface area contributed by atoms with Crippen LogP contribution in [0.2, 0.25) is 0 Å². The monoisotopic (exact) mass is 240 g/mol. The van der Waals surface area contributed by atoms with Crippen molar-refractivity contribution in [2.75, 3.05) is 0 Å². The molecule has 1 rings (SSSR count). The molecular formula is C14H24OS. The maximum Gasteiger partial charge on any atom is 0.0912 e. The molecule has 0 aliphatic heterocycles. The molecule has 0 spiro atoms. The van der Waals surface area contributed by atoms with Crippen LogP contribution in [0.5, 0.6) is 0 Å². The van der Waals surface area contributed by atoms with E-state index in [4.69, 9.17) is 0 Å². The first-order valence-corrected chi connectivity index (χ1v) is 7.16. The van der Waals surface area contributed by atoms with E-state index >= 15 is 0 Å². The molecule has 0 fully saturated rings. The highest BCUT2D eigenvalue weighted by molar-refractivity contribution is 7.12. The second-order valence-electron chi connectivity index (χ2n) is 4.69. The van der Waals surface area contributed by atoms with Crippen molar-refractivity contribution in [2.24, 2.45) is 5.92 Å². The second-order valence-corrected chi connectivity index (χ2v) is 5.97. The Morgan fingerprint density at radius 2 is 1.75 bits per heavy atom. The van der Waals surface area contributed by atoms with Crippen molar-refractivity contribution < 1.29 is 5.11 Å². The van der Waals surface area contributed by atoms with Crippen molar-refractivity contribution in [3.8, 4) is 0 Å². The van der Waals surface area contributed by atoms with Crippen LogP contribution in [-0.2, 0) is 0 Å². The van der Waals surface area contributed by atoms with Crippen molar-refractivity contribution >= 4 is 11.3 Å². The zero-order valence-corrected chi connectivity index (χ0v) is 11.7. The van der Waals surface area contributed by atoms with Gasteiger partial charge in [-0.15, -0.1) is 11.3 Å². The molecule has 1 aromatic rings. The lowest BCUT2D eigenvalue weighted by atomic mass is 9.90. The van der Waals surface area contributed by atoms with Crippen LogP contribution in [0, 0.1) is 19.8 Å². The fourth-order valence-electron chi connectivity index (χ4n) is 2.37. The minimum atomic E-state index is -0.251. The molecule has 1 aromatic heterocycles. The highest BCUT2D eigenvalue weighted by atomic mass is 32.1. The Morgan fingerprint density at radius 3 is 2.12 bits per heavy atom. The summed E-state index contributed by atoms with van der Waals surface area (Å²) < 4.78 is 0. The number of hydrogen-bond donors (Lipinski definition) is 1. The average molecular weight is 240 g/mol. The van der Waals surface area contributed by atoms with Crippen LogP contribution in [0.15, 0.2) is 6.07 Å². The number of thiophene rings is 1. The third-order valence-corrected chi connectivity index (χ3v) is 4.34. The maximum absolute atomic E-state index is 10.4. The van der Waals surface area contributed by atoms with Gasteiger partial charge in [0.25, 0.3) is 0 Å². The Hall–Kier alpha value is -0.340. The minimum Gasteiger partial charge on any atom is -0.387 e. The van der Waals surface area contributed by atoms with Crippen molar-refractivity contribution in [3.63, 3.8) is 0 Å². The highest BCUT2D eigenvalue weighted by Gasteiger charge is 2.22. The fourth-order valence-corrected chi connectivity index (χ4v) is 3.48. The van der Waals surface area contributed by atoms with Crippen LogP contribution in [0.3, 0.4) is 0 Å². The van der Waals surface area contributed by atoms with E-state index in [1.807, 2.05) is 0 Å². The average Bonchev–Trinajstić information content (AvgIpc) is 2.56. The Labute approximate surface area is 104 Å². The molecule has 0 bridgehead atoms. The van der Waals surface area contributed by atoms with Crippen molar-refractivity contribution in [3.05, 3.63) is 21.4 Å². The molecule has 0 saturated carbocycles. The quantitative estimate of drug-likeness (QED) is 0.769. The van der Waals surface area contributed by atoms with Gasteiger partial charge in [-0.3, -0.25) is 0 Å². The topological polar surface area (TPSA) is 20.2 Å². The number of aryl methyl sites for hydroxylation is 2. The van der Waals surface area contributed by atoms with E-state index in [0.717, 1.165) is 25.7 Å². The fraction of sp³-hybridized carbons (Fsp3) is 0.714. The number of hydrogen-bond acceptors (Lipinski definition) is 2. The molecule has 92 valence electrons. The van der Waals surface area contributed by atoms with Crippen LogP contribution in [-0.4, -0.2) is 5.11 Å². The molecule has 1 N–H and O–H groups in total. The van der Waals surface area contributed by atoms with E-state index in [9.17, 15) is 5.11 Å². The number of rotatable bonds is 6. The van der Waals surface area contributed by atoms with Crippen LogP contribution in [0.25, 0.3) is 0 Å². The Balaban J connectivity index is 2.80. The summed E-state index contributed by atoms with van der Waals surface area (Å²) in [6.07, 6.45) is 4.33. The van der Waals surface area contributed by atoms with Crippen molar-refractivity contribution in [2.45, 2.75) is 59.5 Å². The minimum absolute atomic E-state index is 0.251. The van der Waals surface area contributed by atoms with Gasteiger partial charge in [-0.05, 0) is 44.2 Å². The Kier molecular flexibility index (Phi) is 5.50. The summed E-state index contributed by atoms with van der Waals surface area (Å²) in [6, 6.07) is 2.18. The molecule has 1 nitrogen and oxygen atoms in total. The van der Waals surface area contributed by atoms with Gasteiger partial charge in [-0.1, -0.05) is 26.7 Å². The molecule has 16 heavy (non-hydrogen) atoms. The number of aliphatic hydroxyl groups is 1. The third kappa shape index (κ3) is 3.33. The van der Waals surface area contributed by atoms with Gasteiger partial charge in [0.05, 0.1) is 6.10 Å². The molecule has 0 radical (unpaired) electrons. The van der Waals surface area contributed by atoms with Gasteiger partial charge in [-0.2, -0.15) is 0 Å². The van der Waals surface area contributed by atoms with E-state index in [1.54, 1.807) is 11.3 Å². The molecule has 0 amide bonds. The smallest absolute Gasteiger partial charge is 0.0912 e. The normalized spacial score (nSPS) is 13.4. The van der Waals surface area contributed by atoms with E-state index in [0.29, 0.717) is 5.92 Å². The third-order valence-electron chi connectivity index (χ3n) is 3.11. The van der Waals surface area contributed by atoms with Gasteiger partial charge in [0.2, 0.25) is 0 Å². The lowest BCUT2D eigenvalue weighted by Crippen LogP contribution is -2.12. The van der Waals surface area contributed by atoms with Crippen LogP contribution in [0.1, 0.15) is 61.0 Å². The first kappa shape index (κ1) is 13.7. The van der Waals surface area contributed by atoms with Gasteiger partial charge in [0.1, 0.15) is 0 Å². The predicted molar refractivity (Wildman–Crippen MR) is 72.1 cm³/mol. The molecular weight excluding hydrogens is 216 g/mol. The summed E-state index contributed by atoms with van der Waals surface area (Å²) in [7, 11) is 0. The predicted octanol–water partition coefficient (Wildman–Crippen LogP) is 4.61. The SMILES string of the molecule is CCCC(CCC)C(O)c1sc(C)cc1C. The van der Waals surface area contributed by atoms with E-state index in [1.165, 1.54) is 15.3 Å². The van der Waals surface area contributed by atoms with Gasteiger partial charge in [-0.25, -0.2) is 0 Å². The first-order valence-electron chi connectivity index (χ1n) is 6.35. The van der Waals surface area contributed by atoms with Crippen molar-refractivity contribution in [1.29, 1.82) is 0 Å². The standard InChI is InChI=1S/C14H24OS/c1-5-7-12(8-6-2)13(15)14-10(3)9-11(4)16-14/h9,12-13,15H,5-8H2,1-4H3. The molecule has 0 aromatic carbocycles. The van der Waals surface area contributed by atoms with Gasteiger partial charge < -0.3 is 5.11 Å². The van der Waals surface area contributed by atoms with Gasteiger partial charge in [0, 0.05) is 9.75 Å². The summed E-state index contributed by atoms with van der Waals surface area (Å²) >= 11 is 1.75. The maximum atomic E-state index is 10.4. The summed E-state index contributed by atoms with van der Waals surface area (Å²) in [5, 5.41) is 10.4. The zero-order valence-electron chi connectivity index (χ0n) is 10.9. The molecule has 0 aliphatic rings. The van der Waals surface area contributed by atoms with Crippen molar-refractivity contribution in [1.82, 2.24) is 0 Å². The molecule has 1 heterocycles. The van der Waals surface area contributed by atoms with Gasteiger partial charge >= 0.3 is 0 Å². The summed E-state index contributed by atoms with van der Waals surface area (Å²) in [5.74, 6) is 0.437. The summed E-state index contributed by atoms with van der Waals surface area (Å²) in [5.41, 5.74) is 1.26.